The van der Waals surface area contributed by atoms with Crippen LogP contribution >= 0.6 is 0 Å². The SMILES string of the molecule is CC1=C[C@]23C(O)[C@@H](C=C4COC(C)(C)O[C@H]4[C@]2(O)[C@H]1OC(=O)c1c(N)cccc1F)[C@H]1[C@@H](C[C@H]3C)C1(C)C. The van der Waals surface area contributed by atoms with Crippen LogP contribution in [0.15, 0.2) is 41.5 Å². The van der Waals surface area contributed by atoms with E-state index in [1.54, 1.807) is 20.8 Å². The van der Waals surface area contributed by atoms with Gasteiger partial charge in [-0.25, -0.2) is 9.18 Å². The Kier molecular flexibility index (Phi) is 5.40. The largest absolute Gasteiger partial charge is 0.451 e. The van der Waals surface area contributed by atoms with Crippen LogP contribution in [0.2, 0.25) is 0 Å². The van der Waals surface area contributed by atoms with Crippen molar-refractivity contribution >= 4 is 11.7 Å². The van der Waals surface area contributed by atoms with Crippen LogP contribution in [0.5, 0.6) is 0 Å². The zero-order valence-corrected chi connectivity index (χ0v) is 22.8. The third kappa shape index (κ3) is 3.17. The molecule has 4 aliphatic carbocycles. The Bertz CT molecular complexity index is 1250. The van der Waals surface area contributed by atoms with Gasteiger partial charge in [0.05, 0.1) is 18.1 Å². The molecule has 7 nitrogen and oxygen atoms in total. The molecule has 4 N–H and O–H groups in total. The molecule has 1 spiro atoms. The Morgan fingerprint density at radius 3 is 2.63 bits per heavy atom. The number of esters is 1. The molecule has 206 valence electrons. The molecular formula is C30H38FNO6. The monoisotopic (exact) mass is 527 g/mol. The van der Waals surface area contributed by atoms with Crippen molar-refractivity contribution in [3.8, 4) is 0 Å². The van der Waals surface area contributed by atoms with Gasteiger partial charge in [-0.05, 0) is 73.6 Å². The minimum atomic E-state index is -1.87. The van der Waals surface area contributed by atoms with E-state index in [1.807, 2.05) is 12.2 Å². The normalized spacial score (nSPS) is 43.9. The summed E-state index contributed by atoms with van der Waals surface area (Å²) in [4.78, 5) is 13.4. The molecule has 3 fully saturated rings. The summed E-state index contributed by atoms with van der Waals surface area (Å²) in [6.07, 6.45) is 1.67. The number of anilines is 1. The fraction of sp³-hybridized carbons (Fsp3) is 0.633. The van der Waals surface area contributed by atoms with Crippen molar-refractivity contribution in [3.63, 3.8) is 0 Å². The van der Waals surface area contributed by atoms with E-state index >= 15 is 0 Å². The van der Waals surface area contributed by atoms with Crippen LogP contribution in [0.4, 0.5) is 10.1 Å². The molecular weight excluding hydrogens is 489 g/mol. The molecule has 38 heavy (non-hydrogen) atoms. The Hall–Kier alpha value is -2.26. The van der Waals surface area contributed by atoms with Gasteiger partial charge in [0.2, 0.25) is 0 Å². The lowest BCUT2D eigenvalue weighted by atomic mass is 9.58. The Morgan fingerprint density at radius 1 is 1.24 bits per heavy atom. The highest BCUT2D eigenvalue weighted by Gasteiger charge is 2.77. The van der Waals surface area contributed by atoms with E-state index in [0.717, 1.165) is 18.1 Å². The van der Waals surface area contributed by atoms with Crippen molar-refractivity contribution in [3.05, 3.63) is 52.9 Å². The van der Waals surface area contributed by atoms with Gasteiger partial charge in [-0.15, -0.1) is 0 Å². The van der Waals surface area contributed by atoms with Gasteiger partial charge in [0.25, 0.3) is 0 Å². The summed E-state index contributed by atoms with van der Waals surface area (Å²) in [5.41, 5.74) is 3.84. The van der Waals surface area contributed by atoms with Crippen molar-refractivity contribution < 1.29 is 33.6 Å². The number of carbonyl (C=O) groups excluding carboxylic acids is 1. The van der Waals surface area contributed by atoms with E-state index in [4.69, 9.17) is 19.9 Å². The highest BCUT2D eigenvalue weighted by molar-refractivity contribution is 5.95. The van der Waals surface area contributed by atoms with Gasteiger partial charge < -0.3 is 30.2 Å². The van der Waals surface area contributed by atoms with Gasteiger partial charge in [0.15, 0.2) is 11.9 Å². The molecule has 1 heterocycles. The van der Waals surface area contributed by atoms with Crippen molar-refractivity contribution in [2.45, 2.75) is 77.7 Å². The maximum atomic E-state index is 14.7. The van der Waals surface area contributed by atoms with Crippen LogP contribution in [0.25, 0.3) is 0 Å². The average molecular weight is 528 g/mol. The maximum Gasteiger partial charge on any atom is 0.343 e. The third-order valence-electron chi connectivity index (χ3n) is 10.4. The molecule has 6 rings (SSSR count). The minimum Gasteiger partial charge on any atom is -0.451 e. The maximum absolute atomic E-state index is 14.7. The number of rotatable bonds is 2. The number of hydrogen-bond acceptors (Lipinski definition) is 7. The van der Waals surface area contributed by atoms with Gasteiger partial charge in [0, 0.05) is 11.6 Å². The number of benzene rings is 1. The summed E-state index contributed by atoms with van der Waals surface area (Å²) in [7, 11) is 0. The molecule has 1 unspecified atom stereocenters. The second-order valence-corrected chi connectivity index (χ2v) is 13.2. The Labute approximate surface area is 222 Å². The number of fused-ring (bicyclic) bond motifs is 5. The lowest BCUT2D eigenvalue weighted by Gasteiger charge is -2.55. The topological polar surface area (TPSA) is 111 Å². The highest BCUT2D eigenvalue weighted by atomic mass is 19.1. The Morgan fingerprint density at radius 2 is 1.95 bits per heavy atom. The first-order valence-corrected chi connectivity index (χ1v) is 13.5. The first kappa shape index (κ1) is 26.0. The van der Waals surface area contributed by atoms with Crippen molar-refractivity contribution in [1.29, 1.82) is 0 Å². The lowest BCUT2D eigenvalue weighted by Crippen LogP contribution is -2.69. The summed E-state index contributed by atoms with van der Waals surface area (Å²) < 4.78 is 33.1. The first-order valence-electron chi connectivity index (χ1n) is 13.5. The summed E-state index contributed by atoms with van der Waals surface area (Å²) in [5, 5.41) is 25.3. The highest BCUT2D eigenvalue weighted by Crippen LogP contribution is 2.73. The van der Waals surface area contributed by atoms with E-state index in [2.05, 4.69) is 20.8 Å². The van der Waals surface area contributed by atoms with Crippen LogP contribution in [-0.2, 0) is 14.2 Å². The van der Waals surface area contributed by atoms with Gasteiger partial charge in [-0.1, -0.05) is 39.0 Å². The first-order chi connectivity index (χ1) is 17.7. The Balaban J connectivity index is 1.52. The number of aliphatic hydroxyl groups is 2. The van der Waals surface area contributed by atoms with Crippen molar-refractivity contribution in [2.24, 2.45) is 34.5 Å². The number of carbonyl (C=O) groups is 1. The predicted octanol–water partition coefficient (Wildman–Crippen LogP) is 3.99. The van der Waals surface area contributed by atoms with Gasteiger partial charge in [0.1, 0.15) is 23.1 Å². The number of halogens is 1. The number of nitrogen functional groups attached to an aromatic ring is 1. The van der Waals surface area contributed by atoms with E-state index in [0.29, 0.717) is 11.5 Å². The lowest BCUT2D eigenvalue weighted by molar-refractivity contribution is -0.312. The summed E-state index contributed by atoms with van der Waals surface area (Å²) in [6.45, 7) is 12.1. The van der Waals surface area contributed by atoms with E-state index < -0.39 is 46.9 Å². The number of hydrogen-bond donors (Lipinski definition) is 3. The second kappa shape index (κ2) is 7.90. The molecule has 0 aromatic heterocycles. The smallest absolute Gasteiger partial charge is 0.343 e. The van der Waals surface area contributed by atoms with Gasteiger partial charge in [-0.3, -0.25) is 0 Å². The van der Waals surface area contributed by atoms with Crippen LogP contribution in [-0.4, -0.2) is 52.5 Å². The van der Waals surface area contributed by atoms with Crippen molar-refractivity contribution in [2.75, 3.05) is 12.3 Å². The molecule has 2 bridgehead atoms. The van der Waals surface area contributed by atoms with E-state index in [1.165, 1.54) is 12.1 Å². The number of ether oxygens (including phenoxy) is 3. The van der Waals surface area contributed by atoms with Gasteiger partial charge >= 0.3 is 5.97 Å². The predicted molar refractivity (Wildman–Crippen MR) is 138 cm³/mol. The standard InChI is InChI=1S/C30H38FNO6/c1-14-12-29-15(2)10-18-22(27(18,3)4)17(23(29)33)11-16-13-36-28(5,6)38-25(16)30(29,35)24(14)37-26(34)21-19(31)8-7-9-20(21)32/h7-9,11-12,15,17-18,22-25,33,35H,10,13,32H2,1-6H3/t15-,17+,18-,22+,23?,24+,25-,29+,30-/m1/s1. The molecule has 0 radical (unpaired) electrons. The molecule has 2 saturated carbocycles. The molecule has 1 saturated heterocycles. The molecule has 9 atom stereocenters. The number of nitrogens with two attached hydrogens (primary N) is 1. The minimum absolute atomic E-state index is 0.0496. The number of aliphatic hydroxyl groups excluding tert-OH is 1. The third-order valence-corrected chi connectivity index (χ3v) is 10.4. The van der Waals surface area contributed by atoms with E-state index in [9.17, 15) is 19.4 Å². The quantitative estimate of drug-likeness (QED) is 0.303. The van der Waals surface area contributed by atoms with Crippen LogP contribution in [0.3, 0.4) is 0 Å². The fourth-order valence-electron chi connectivity index (χ4n) is 8.53. The van der Waals surface area contributed by atoms with Crippen molar-refractivity contribution in [1.82, 2.24) is 0 Å². The zero-order valence-electron chi connectivity index (χ0n) is 22.8. The summed E-state index contributed by atoms with van der Waals surface area (Å²) >= 11 is 0. The molecule has 1 aromatic rings. The van der Waals surface area contributed by atoms with Crippen LogP contribution in [0, 0.1) is 40.3 Å². The second-order valence-electron chi connectivity index (χ2n) is 13.2. The molecule has 8 heteroatoms. The molecule has 1 aromatic carbocycles. The summed E-state index contributed by atoms with van der Waals surface area (Å²) in [6, 6.07) is 3.99. The van der Waals surface area contributed by atoms with E-state index in [-0.39, 0.29) is 41.0 Å². The van der Waals surface area contributed by atoms with Crippen LogP contribution < -0.4 is 5.73 Å². The summed E-state index contributed by atoms with van der Waals surface area (Å²) in [5.74, 6) is -2.58. The van der Waals surface area contributed by atoms with Gasteiger partial charge in [-0.2, -0.15) is 0 Å². The molecule has 5 aliphatic rings. The molecule has 1 aliphatic heterocycles. The average Bonchev–Trinajstić information content (AvgIpc) is 3.31. The molecule has 0 amide bonds. The fourth-order valence-corrected chi connectivity index (χ4v) is 8.53. The van der Waals surface area contributed by atoms with Crippen LogP contribution in [0.1, 0.15) is 58.3 Å². The zero-order chi connectivity index (χ0) is 27.6.